The Labute approximate surface area is 109 Å². The Morgan fingerprint density at radius 3 is 2.72 bits per heavy atom. The molecule has 1 atom stereocenters. The molecule has 3 N–H and O–H groups in total. The molecule has 0 radical (unpaired) electrons. The standard InChI is InChI=1S/C13H23N5/c1-9-7-15-12(17-14)16-11(9)18-6-5-10(8-18)13(2,3)4/h7,10H,5-6,8,14H2,1-4H3,(H,15,16,17). The number of rotatable bonds is 2. The number of aromatic nitrogens is 2. The summed E-state index contributed by atoms with van der Waals surface area (Å²) in [5.41, 5.74) is 3.96. The van der Waals surface area contributed by atoms with E-state index < -0.39 is 0 Å². The molecule has 0 aliphatic carbocycles. The highest BCUT2D eigenvalue weighted by Gasteiger charge is 2.32. The minimum atomic E-state index is 0.352. The van der Waals surface area contributed by atoms with Gasteiger partial charge in [-0.25, -0.2) is 10.8 Å². The van der Waals surface area contributed by atoms with Crippen molar-refractivity contribution in [3.05, 3.63) is 11.8 Å². The highest BCUT2D eigenvalue weighted by atomic mass is 15.3. The van der Waals surface area contributed by atoms with E-state index in [1.807, 2.05) is 13.1 Å². The zero-order valence-corrected chi connectivity index (χ0v) is 11.7. The van der Waals surface area contributed by atoms with Gasteiger partial charge in [-0.1, -0.05) is 20.8 Å². The van der Waals surface area contributed by atoms with Crippen molar-refractivity contribution in [3.8, 4) is 0 Å². The number of nitrogens with one attached hydrogen (secondary N) is 1. The Balaban J connectivity index is 2.19. The summed E-state index contributed by atoms with van der Waals surface area (Å²) in [4.78, 5) is 10.9. The molecule has 18 heavy (non-hydrogen) atoms. The Bertz CT molecular complexity index is 424. The summed E-state index contributed by atoms with van der Waals surface area (Å²) in [5.74, 6) is 7.57. The number of aryl methyl sites for hydroxylation is 1. The van der Waals surface area contributed by atoms with Crippen molar-refractivity contribution >= 4 is 11.8 Å². The lowest BCUT2D eigenvalue weighted by atomic mass is 9.80. The molecule has 100 valence electrons. The van der Waals surface area contributed by atoms with Crippen LogP contribution in [0.3, 0.4) is 0 Å². The van der Waals surface area contributed by atoms with Crippen LogP contribution in [-0.2, 0) is 0 Å². The molecule has 1 aliphatic heterocycles. The average molecular weight is 249 g/mol. The van der Waals surface area contributed by atoms with Crippen LogP contribution in [0.15, 0.2) is 6.20 Å². The van der Waals surface area contributed by atoms with Crippen LogP contribution in [0.5, 0.6) is 0 Å². The Hall–Kier alpha value is -1.36. The summed E-state index contributed by atoms with van der Waals surface area (Å²) >= 11 is 0. The zero-order valence-electron chi connectivity index (χ0n) is 11.7. The number of hydrogen-bond donors (Lipinski definition) is 2. The highest BCUT2D eigenvalue weighted by molar-refractivity contribution is 5.49. The van der Waals surface area contributed by atoms with Crippen molar-refractivity contribution in [3.63, 3.8) is 0 Å². The topological polar surface area (TPSA) is 67.1 Å². The number of nitrogens with zero attached hydrogens (tertiary/aromatic N) is 3. The van der Waals surface area contributed by atoms with Crippen LogP contribution in [0.1, 0.15) is 32.8 Å². The first-order chi connectivity index (χ1) is 8.41. The van der Waals surface area contributed by atoms with Crippen molar-refractivity contribution in [1.29, 1.82) is 0 Å². The summed E-state index contributed by atoms with van der Waals surface area (Å²) in [5, 5.41) is 0. The van der Waals surface area contributed by atoms with Crippen molar-refractivity contribution in [2.75, 3.05) is 23.4 Å². The van der Waals surface area contributed by atoms with Crippen LogP contribution in [0, 0.1) is 18.3 Å². The van der Waals surface area contributed by atoms with E-state index in [0.717, 1.165) is 24.5 Å². The summed E-state index contributed by atoms with van der Waals surface area (Å²) in [6.07, 6.45) is 3.04. The molecule has 1 fully saturated rings. The van der Waals surface area contributed by atoms with Crippen LogP contribution in [0.2, 0.25) is 0 Å². The van der Waals surface area contributed by atoms with Crippen molar-refractivity contribution in [1.82, 2.24) is 9.97 Å². The van der Waals surface area contributed by atoms with E-state index in [0.29, 0.717) is 17.3 Å². The van der Waals surface area contributed by atoms with Gasteiger partial charge in [-0.15, -0.1) is 0 Å². The van der Waals surface area contributed by atoms with E-state index in [9.17, 15) is 0 Å². The summed E-state index contributed by atoms with van der Waals surface area (Å²) < 4.78 is 0. The molecule has 2 rings (SSSR count). The molecular weight excluding hydrogens is 226 g/mol. The molecular formula is C13H23N5. The molecule has 1 aromatic heterocycles. The Kier molecular flexibility index (Phi) is 3.43. The van der Waals surface area contributed by atoms with Gasteiger partial charge in [-0.05, 0) is 24.7 Å². The molecule has 1 aromatic rings. The quantitative estimate of drug-likeness (QED) is 0.619. The second-order valence-corrected chi connectivity index (χ2v) is 6.14. The molecule has 1 saturated heterocycles. The smallest absolute Gasteiger partial charge is 0.239 e. The highest BCUT2D eigenvalue weighted by Crippen LogP contribution is 2.35. The van der Waals surface area contributed by atoms with Gasteiger partial charge in [0, 0.05) is 24.8 Å². The minimum absolute atomic E-state index is 0.352. The first-order valence-corrected chi connectivity index (χ1v) is 6.47. The van der Waals surface area contributed by atoms with Gasteiger partial charge in [-0.3, -0.25) is 5.43 Å². The monoisotopic (exact) mass is 249 g/mol. The zero-order chi connectivity index (χ0) is 13.3. The maximum absolute atomic E-state index is 5.37. The molecule has 5 nitrogen and oxygen atoms in total. The van der Waals surface area contributed by atoms with Crippen molar-refractivity contribution in [2.24, 2.45) is 17.2 Å². The van der Waals surface area contributed by atoms with E-state index >= 15 is 0 Å². The number of hydrazine groups is 1. The molecule has 0 spiro atoms. The van der Waals surface area contributed by atoms with Crippen LogP contribution >= 0.6 is 0 Å². The maximum Gasteiger partial charge on any atom is 0.239 e. The van der Waals surface area contributed by atoms with E-state index in [2.05, 4.69) is 41.1 Å². The molecule has 0 aromatic carbocycles. The Morgan fingerprint density at radius 1 is 1.44 bits per heavy atom. The molecule has 5 heteroatoms. The number of nitrogen functional groups attached to an aromatic ring is 1. The predicted molar refractivity (Wildman–Crippen MR) is 74.4 cm³/mol. The third kappa shape index (κ3) is 2.56. The third-order valence-electron chi connectivity index (χ3n) is 3.79. The fourth-order valence-electron chi connectivity index (χ4n) is 2.48. The second kappa shape index (κ2) is 4.72. The lowest BCUT2D eigenvalue weighted by molar-refractivity contribution is 0.263. The number of hydrogen-bond acceptors (Lipinski definition) is 5. The van der Waals surface area contributed by atoms with Gasteiger partial charge >= 0.3 is 0 Å². The lowest BCUT2D eigenvalue weighted by Gasteiger charge is -2.27. The van der Waals surface area contributed by atoms with Crippen molar-refractivity contribution < 1.29 is 0 Å². The predicted octanol–water partition coefficient (Wildman–Crippen LogP) is 1.94. The van der Waals surface area contributed by atoms with Crippen LogP contribution in [0.4, 0.5) is 11.8 Å². The SMILES string of the molecule is Cc1cnc(NN)nc1N1CCC(C(C)(C)C)C1. The maximum atomic E-state index is 5.37. The van der Waals surface area contributed by atoms with E-state index in [-0.39, 0.29) is 0 Å². The normalized spacial score (nSPS) is 20.3. The van der Waals surface area contributed by atoms with Gasteiger partial charge in [0.05, 0.1) is 0 Å². The van der Waals surface area contributed by atoms with Crippen LogP contribution in [-0.4, -0.2) is 23.1 Å². The summed E-state index contributed by atoms with van der Waals surface area (Å²) in [7, 11) is 0. The summed E-state index contributed by atoms with van der Waals surface area (Å²) in [6, 6.07) is 0. The number of anilines is 2. The molecule has 1 aliphatic rings. The summed E-state index contributed by atoms with van der Waals surface area (Å²) in [6.45, 7) is 11.1. The van der Waals surface area contributed by atoms with Gasteiger partial charge in [0.25, 0.3) is 0 Å². The minimum Gasteiger partial charge on any atom is -0.356 e. The van der Waals surface area contributed by atoms with Gasteiger partial charge in [-0.2, -0.15) is 4.98 Å². The molecule has 0 bridgehead atoms. The van der Waals surface area contributed by atoms with E-state index in [1.54, 1.807) is 0 Å². The largest absolute Gasteiger partial charge is 0.356 e. The Morgan fingerprint density at radius 2 is 2.17 bits per heavy atom. The third-order valence-corrected chi connectivity index (χ3v) is 3.79. The molecule has 0 saturated carbocycles. The fraction of sp³-hybridized carbons (Fsp3) is 0.692. The van der Waals surface area contributed by atoms with Crippen LogP contribution < -0.4 is 16.2 Å². The first-order valence-electron chi connectivity index (χ1n) is 6.47. The van der Waals surface area contributed by atoms with E-state index in [4.69, 9.17) is 5.84 Å². The first kappa shape index (κ1) is 13.1. The molecule has 2 heterocycles. The molecule has 0 amide bonds. The molecule has 1 unspecified atom stereocenters. The number of nitrogens with two attached hydrogens (primary N) is 1. The van der Waals surface area contributed by atoms with Gasteiger partial charge < -0.3 is 4.90 Å². The lowest BCUT2D eigenvalue weighted by Crippen LogP contribution is -2.27. The van der Waals surface area contributed by atoms with Crippen LogP contribution in [0.25, 0.3) is 0 Å². The van der Waals surface area contributed by atoms with E-state index in [1.165, 1.54) is 6.42 Å². The second-order valence-electron chi connectivity index (χ2n) is 6.14. The van der Waals surface area contributed by atoms with Gasteiger partial charge in [0.15, 0.2) is 0 Å². The van der Waals surface area contributed by atoms with Crippen molar-refractivity contribution in [2.45, 2.75) is 34.1 Å². The average Bonchev–Trinajstić information content (AvgIpc) is 2.78. The van der Waals surface area contributed by atoms with Gasteiger partial charge in [0.2, 0.25) is 5.95 Å². The van der Waals surface area contributed by atoms with Gasteiger partial charge in [0.1, 0.15) is 5.82 Å². The fourth-order valence-corrected chi connectivity index (χ4v) is 2.48.